The summed E-state index contributed by atoms with van der Waals surface area (Å²) in [4.78, 5) is 19.1. The van der Waals surface area contributed by atoms with Gasteiger partial charge < -0.3 is 15.2 Å². The summed E-state index contributed by atoms with van der Waals surface area (Å²) in [5.74, 6) is 1.55. The van der Waals surface area contributed by atoms with Crippen LogP contribution in [0.2, 0.25) is 0 Å². The van der Waals surface area contributed by atoms with Crippen LogP contribution in [0.3, 0.4) is 0 Å². The van der Waals surface area contributed by atoms with E-state index in [2.05, 4.69) is 56.4 Å². The minimum Gasteiger partial charge on any atom is -0.355 e. The minimum atomic E-state index is 0.600. The first-order valence-corrected chi connectivity index (χ1v) is 9.15. The van der Waals surface area contributed by atoms with Gasteiger partial charge >= 0.3 is 0 Å². The van der Waals surface area contributed by atoms with Crippen LogP contribution in [0.25, 0.3) is 11.2 Å². The number of aromatic nitrogens is 4. The predicted octanol–water partition coefficient (Wildman–Crippen LogP) is 4.04. The molecule has 0 spiro atoms. The first kappa shape index (κ1) is 15.9. The van der Waals surface area contributed by atoms with Gasteiger partial charge in [0.25, 0.3) is 0 Å². The molecule has 0 radical (unpaired) electrons. The fourth-order valence-electron chi connectivity index (χ4n) is 3.30. The Labute approximate surface area is 147 Å². The van der Waals surface area contributed by atoms with E-state index in [1.54, 1.807) is 6.33 Å². The number of nitrogens with zero attached hydrogens (tertiary/aromatic N) is 4. The van der Waals surface area contributed by atoms with Crippen LogP contribution >= 0.6 is 0 Å². The molecule has 0 unspecified atom stereocenters. The molecule has 1 aromatic carbocycles. The van der Waals surface area contributed by atoms with Gasteiger partial charge in [-0.05, 0) is 43.4 Å². The van der Waals surface area contributed by atoms with Gasteiger partial charge in [-0.15, -0.1) is 0 Å². The first-order chi connectivity index (χ1) is 12.3. The van der Waals surface area contributed by atoms with Crippen molar-refractivity contribution in [2.45, 2.75) is 39.0 Å². The van der Waals surface area contributed by atoms with Crippen molar-refractivity contribution in [3.8, 4) is 0 Å². The van der Waals surface area contributed by atoms with Crippen molar-refractivity contribution in [3.05, 3.63) is 36.2 Å². The topological polar surface area (TPSA) is 69.7 Å². The molecular formula is C19H24N6. The molecule has 2 aromatic heterocycles. The fraction of sp³-hybridized carbons (Fsp3) is 0.421. The molecule has 0 bridgehead atoms. The molecule has 130 valence electrons. The zero-order chi connectivity index (χ0) is 17.1. The lowest BCUT2D eigenvalue weighted by atomic mass is 10.1. The summed E-state index contributed by atoms with van der Waals surface area (Å²) < 4.78 is 0. The Morgan fingerprint density at radius 2 is 1.92 bits per heavy atom. The number of H-pyrrole nitrogens is 1. The Bertz CT molecular complexity index is 833. The second-order valence-electron chi connectivity index (χ2n) is 6.59. The average molecular weight is 336 g/mol. The largest absolute Gasteiger partial charge is 0.355 e. The van der Waals surface area contributed by atoms with Gasteiger partial charge in [0, 0.05) is 18.8 Å². The average Bonchev–Trinajstić information content (AvgIpc) is 3.32. The number of benzene rings is 1. The Hall–Kier alpha value is -2.63. The molecule has 0 aliphatic carbocycles. The van der Waals surface area contributed by atoms with Crippen LogP contribution in [0.15, 0.2) is 30.6 Å². The molecule has 0 saturated carbocycles. The summed E-state index contributed by atoms with van der Waals surface area (Å²) in [6, 6.07) is 8.54. The second-order valence-corrected chi connectivity index (χ2v) is 6.59. The molecule has 6 heteroatoms. The van der Waals surface area contributed by atoms with Gasteiger partial charge in [0.1, 0.15) is 5.52 Å². The monoisotopic (exact) mass is 336 g/mol. The maximum absolute atomic E-state index is 4.75. The standard InChI is InChI=1S/C19H24N6/c1-2-3-6-14-7-9-15(10-8-14)22-19-23-17-16(20-13-21-17)18(24-19)25-11-4-5-12-25/h7-10,13H,2-6,11-12H2,1H3,(H2,20,21,22,23,24). The predicted molar refractivity (Wildman–Crippen MR) is 101 cm³/mol. The number of aryl methyl sites for hydroxylation is 1. The molecule has 1 fully saturated rings. The maximum Gasteiger partial charge on any atom is 0.231 e. The van der Waals surface area contributed by atoms with E-state index < -0.39 is 0 Å². The van der Waals surface area contributed by atoms with E-state index in [0.29, 0.717) is 11.6 Å². The van der Waals surface area contributed by atoms with Crippen LogP contribution in [-0.2, 0) is 6.42 Å². The van der Waals surface area contributed by atoms with E-state index in [9.17, 15) is 0 Å². The molecule has 1 saturated heterocycles. The minimum absolute atomic E-state index is 0.600. The Kier molecular flexibility index (Phi) is 4.50. The molecule has 4 rings (SSSR count). The number of hydrogen-bond acceptors (Lipinski definition) is 5. The van der Waals surface area contributed by atoms with Gasteiger partial charge in [0.05, 0.1) is 6.33 Å². The van der Waals surface area contributed by atoms with Crippen LogP contribution in [0, 0.1) is 0 Å². The quantitative estimate of drug-likeness (QED) is 0.711. The molecule has 1 aliphatic rings. The Morgan fingerprint density at radius 1 is 1.12 bits per heavy atom. The van der Waals surface area contributed by atoms with Crippen molar-refractivity contribution in [1.29, 1.82) is 0 Å². The zero-order valence-corrected chi connectivity index (χ0v) is 14.6. The van der Waals surface area contributed by atoms with Gasteiger partial charge in [-0.25, -0.2) is 4.98 Å². The Balaban J connectivity index is 1.58. The van der Waals surface area contributed by atoms with Crippen LogP contribution in [0.4, 0.5) is 17.5 Å². The van der Waals surface area contributed by atoms with E-state index in [4.69, 9.17) is 4.98 Å². The number of hydrogen-bond donors (Lipinski definition) is 2. The van der Waals surface area contributed by atoms with E-state index in [1.165, 1.54) is 31.2 Å². The van der Waals surface area contributed by atoms with Crippen molar-refractivity contribution in [1.82, 2.24) is 19.9 Å². The van der Waals surface area contributed by atoms with Gasteiger partial charge in [0.2, 0.25) is 5.95 Å². The third kappa shape index (κ3) is 3.43. The van der Waals surface area contributed by atoms with Gasteiger partial charge in [-0.3, -0.25) is 0 Å². The Morgan fingerprint density at radius 3 is 2.68 bits per heavy atom. The number of anilines is 3. The van der Waals surface area contributed by atoms with Crippen LogP contribution in [0.5, 0.6) is 0 Å². The summed E-state index contributed by atoms with van der Waals surface area (Å²) in [5.41, 5.74) is 4.00. The highest BCUT2D eigenvalue weighted by Crippen LogP contribution is 2.27. The fourth-order valence-corrected chi connectivity index (χ4v) is 3.30. The second kappa shape index (κ2) is 7.09. The zero-order valence-electron chi connectivity index (χ0n) is 14.6. The number of imidazole rings is 1. The van der Waals surface area contributed by atoms with Gasteiger partial charge in [-0.1, -0.05) is 25.5 Å². The lowest BCUT2D eigenvalue weighted by molar-refractivity contribution is 0.795. The van der Waals surface area contributed by atoms with Gasteiger partial charge in [0.15, 0.2) is 11.5 Å². The van der Waals surface area contributed by atoms with Crippen molar-refractivity contribution in [3.63, 3.8) is 0 Å². The summed E-state index contributed by atoms with van der Waals surface area (Å²) in [5, 5.41) is 3.33. The SMILES string of the molecule is CCCCc1ccc(Nc2nc(N3CCCC3)c3[nH]cnc3n2)cc1. The molecule has 0 atom stereocenters. The smallest absolute Gasteiger partial charge is 0.231 e. The highest BCUT2D eigenvalue weighted by Gasteiger charge is 2.19. The third-order valence-corrected chi connectivity index (χ3v) is 4.70. The first-order valence-electron chi connectivity index (χ1n) is 9.15. The molecule has 1 aliphatic heterocycles. The highest BCUT2D eigenvalue weighted by atomic mass is 15.3. The summed E-state index contributed by atoms with van der Waals surface area (Å²) in [6.45, 7) is 4.30. The van der Waals surface area contributed by atoms with E-state index in [0.717, 1.165) is 36.5 Å². The van der Waals surface area contributed by atoms with E-state index >= 15 is 0 Å². The summed E-state index contributed by atoms with van der Waals surface area (Å²) >= 11 is 0. The van der Waals surface area contributed by atoms with Crippen LogP contribution in [-0.4, -0.2) is 33.0 Å². The highest BCUT2D eigenvalue weighted by molar-refractivity contribution is 5.84. The van der Waals surface area contributed by atoms with E-state index in [1.807, 2.05) is 0 Å². The number of nitrogens with one attached hydrogen (secondary N) is 2. The molecule has 0 amide bonds. The van der Waals surface area contributed by atoms with Crippen LogP contribution in [0.1, 0.15) is 38.2 Å². The third-order valence-electron chi connectivity index (χ3n) is 4.70. The van der Waals surface area contributed by atoms with E-state index in [-0.39, 0.29) is 0 Å². The summed E-state index contributed by atoms with van der Waals surface area (Å²) in [6.07, 6.45) is 7.68. The number of rotatable bonds is 6. The maximum atomic E-state index is 4.75. The number of fused-ring (bicyclic) bond motifs is 1. The van der Waals surface area contributed by atoms with Gasteiger partial charge in [-0.2, -0.15) is 9.97 Å². The van der Waals surface area contributed by atoms with Crippen molar-refractivity contribution >= 4 is 28.6 Å². The van der Waals surface area contributed by atoms with Crippen LogP contribution < -0.4 is 10.2 Å². The molecule has 2 N–H and O–H groups in total. The number of unbranched alkanes of at least 4 members (excludes halogenated alkanes) is 1. The molecule has 3 heterocycles. The molecule has 3 aromatic rings. The number of aromatic amines is 1. The lowest BCUT2D eigenvalue weighted by Crippen LogP contribution is -2.20. The van der Waals surface area contributed by atoms with Crippen molar-refractivity contribution < 1.29 is 0 Å². The summed E-state index contributed by atoms with van der Waals surface area (Å²) in [7, 11) is 0. The lowest BCUT2D eigenvalue weighted by Gasteiger charge is -2.17. The molecular weight excluding hydrogens is 312 g/mol. The normalized spacial score (nSPS) is 14.4. The van der Waals surface area contributed by atoms with Crippen molar-refractivity contribution in [2.24, 2.45) is 0 Å². The van der Waals surface area contributed by atoms with Crippen molar-refractivity contribution in [2.75, 3.05) is 23.3 Å². The molecule has 6 nitrogen and oxygen atoms in total. The molecule has 25 heavy (non-hydrogen) atoms.